The Bertz CT molecular complexity index is 957. The van der Waals surface area contributed by atoms with Gasteiger partial charge in [0.15, 0.2) is 0 Å². The zero-order valence-electron chi connectivity index (χ0n) is 18.4. The largest absolute Gasteiger partial charge is 0.490 e. The van der Waals surface area contributed by atoms with Gasteiger partial charge in [-0.05, 0) is 38.6 Å². The molecular formula is C21H27F3N4O4. The average Bonchev–Trinajstić information content (AvgIpc) is 2.68. The molecule has 32 heavy (non-hydrogen) atoms. The number of carbonyl (C=O) groups excluding carboxylic acids is 1. The fraction of sp³-hybridized carbons (Fsp3) is 0.429. The van der Waals surface area contributed by atoms with Crippen molar-refractivity contribution < 1.29 is 27.9 Å². The summed E-state index contributed by atoms with van der Waals surface area (Å²) < 4.78 is 31.7. The smallest absolute Gasteiger partial charge is 0.475 e. The van der Waals surface area contributed by atoms with E-state index in [1.54, 1.807) is 18.9 Å². The Morgan fingerprint density at radius 2 is 1.56 bits per heavy atom. The van der Waals surface area contributed by atoms with Crippen molar-refractivity contribution in [2.45, 2.75) is 39.0 Å². The van der Waals surface area contributed by atoms with Crippen molar-refractivity contribution in [3.63, 3.8) is 0 Å². The molecule has 2 N–H and O–H groups in total. The Morgan fingerprint density at radius 1 is 1.06 bits per heavy atom. The van der Waals surface area contributed by atoms with E-state index < -0.39 is 12.1 Å². The molecule has 0 fully saturated rings. The van der Waals surface area contributed by atoms with E-state index in [4.69, 9.17) is 9.90 Å². The minimum Gasteiger partial charge on any atom is -0.475 e. The van der Waals surface area contributed by atoms with Crippen LogP contribution >= 0.6 is 0 Å². The summed E-state index contributed by atoms with van der Waals surface area (Å²) in [5, 5.41) is 7.12. The molecule has 0 bridgehead atoms. The van der Waals surface area contributed by atoms with Gasteiger partial charge in [-0.15, -0.1) is 0 Å². The molecule has 1 aromatic heterocycles. The zero-order chi connectivity index (χ0) is 24.5. The molecule has 0 spiro atoms. The van der Waals surface area contributed by atoms with Crippen molar-refractivity contribution in [1.82, 2.24) is 19.8 Å². The molecule has 8 nitrogen and oxygen atoms in total. The highest BCUT2D eigenvalue weighted by molar-refractivity contribution is 5.76. The van der Waals surface area contributed by atoms with E-state index in [2.05, 4.69) is 39.1 Å². The van der Waals surface area contributed by atoms with Crippen LogP contribution in [0.25, 0.3) is 0 Å². The lowest BCUT2D eigenvalue weighted by molar-refractivity contribution is -0.192. The Hall–Kier alpha value is -3.21. The number of amides is 1. The number of aromatic nitrogens is 2. The molecule has 1 heterocycles. The highest BCUT2D eigenvalue weighted by Crippen LogP contribution is 2.13. The van der Waals surface area contributed by atoms with Crippen LogP contribution in [0.4, 0.5) is 13.2 Å². The minimum atomic E-state index is -5.08. The number of nitrogens with one attached hydrogen (secondary N) is 1. The number of carboxylic acid groups (broad SMARTS) is 1. The minimum absolute atomic E-state index is 0.0139. The summed E-state index contributed by atoms with van der Waals surface area (Å²) in [6.07, 6.45) is -3.00. The Kier molecular flexibility index (Phi) is 10.0. The van der Waals surface area contributed by atoms with Crippen LogP contribution in [0, 0.1) is 6.92 Å². The number of aryl methyl sites for hydroxylation is 1. The maximum Gasteiger partial charge on any atom is 0.490 e. The van der Waals surface area contributed by atoms with Crippen molar-refractivity contribution in [3.05, 3.63) is 63.3 Å². The first-order valence-electron chi connectivity index (χ1n) is 9.61. The van der Waals surface area contributed by atoms with Crippen LogP contribution in [0.15, 0.2) is 35.4 Å². The summed E-state index contributed by atoms with van der Waals surface area (Å²) in [7, 11) is 5.86. The molecule has 11 heteroatoms. The predicted octanol–water partition coefficient (Wildman–Crippen LogP) is 2.36. The zero-order valence-corrected chi connectivity index (χ0v) is 18.4. The third kappa shape index (κ3) is 9.29. The van der Waals surface area contributed by atoms with Gasteiger partial charge in [-0.25, -0.2) is 9.78 Å². The second-order valence-corrected chi connectivity index (χ2v) is 7.40. The highest BCUT2D eigenvalue weighted by atomic mass is 19.4. The van der Waals surface area contributed by atoms with Gasteiger partial charge in [0.2, 0.25) is 5.91 Å². The number of aliphatic carboxylic acids is 1. The number of H-pyrrole nitrogens is 1. The van der Waals surface area contributed by atoms with E-state index in [0.717, 1.165) is 12.1 Å². The SMILES string of the molecule is Cc1nc[nH]c(=O)c1CCC(=O)N(C)Cc1ccc(CN(C)C)cc1.O=C(O)C(F)(F)F. The van der Waals surface area contributed by atoms with Gasteiger partial charge in [0.05, 0.1) is 6.33 Å². The first-order valence-corrected chi connectivity index (χ1v) is 9.61. The highest BCUT2D eigenvalue weighted by Gasteiger charge is 2.38. The number of halogens is 3. The molecule has 0 saturated carbocycles. The third-order valence-corrected chi connectivity index (χ3v) is 4.36. The summed E-state index contributed by atoms with van der Waals surface area (Å²) in [6.45, 7) is 3.24. The molecule has 0 aliphatic heterocycles. The molecule has 0 aliphatic carbocycles. The van der Waals surface area contributed by atoms with Gasteiger partial charge in [0, 0.05) is 37.8 Å². The fourth-order valence-electron chi connectivity index (χ4n) is 2.71. The molecule has 0 aliphatic rings. The molecule has 0 unspecified atom stereocenters. The summed E-state index contributed by atoms with van der Waals surface area (Å²) >= 11 is 0. The molecule has 1 amide bonds. The van der Waals surface area contributed by atoms with Crippen molar-refractivity contribution >= 4 is 11.9 Å². The van der Waals surface area contributed by atoms with Gasteiger partial charge in [-0.2, -0.15) is 13.2 Å². The normalized spacial score (nSPS) is 11.0. The predicted molar refractivity (Wildman–Crippen MR) is 112 cm³/mol. The number of rotatable bonds is 7. The topological polar surface area (TPSA) is 107 Å². The Labute approximate surface area is 183 Å². The van der Waals surface area contributed by atoms with E-state index in [1.807, 2.05) is 14.1 Å². The van der Waals surface area contributed by atoms with E-state index in [-0.39, 0.29) is 11.5 Å². The van der Waals surface area contributed by atoms with E-state index in [1.165, 1.54) is 11.9 Å². The van der Waals surface area contributed by atoms with Crippen LogP contribution in [-0.2, 0) is 29.1 Å². The van der Waals surface area contributed by atoms with Crippen molar-refractivity contribution in [1.29, 1.82) is 0 Å². The van der Waals surface area contributed by atoms with Gasteiger partial charge in [0.1, 0.15) is 0 Å². The van der Waals surface area contributed by atoms with E-state index >= 15 is 0 Å². The van der Waals surface area contributed by atoms with Gasteiger partial charge < -0.3 is 19.9 Å². The van der Waals surface area contributed by atoms with Crippen LogP contribution in [0.3, 0.4) is 0 Å². The first-order chi connectivity index (χ1) is 14.8. The number of carboxylic acids is 1. The van der Waals surface area contributed by atoms with Gasteiger partial charge in [-0.3, -0.25) is 9.59 Å². The maximum atomic E-state index is 12.3. The van der Waals surface area contributed by atoms with Gasteiger partial charge >= 0.3 is 12.1 Å². The number of hydrogen-bond acceptors (Lipinski definition) is 5. The number of hydrogen-bond donors (Lipinski definition) is 2. The monoisotopic (exact) mass is 456 g/mol. The lowest BCUT2D eigenvalue weighted by atomic mass is 10.1. The first kappa shape index (κ1) is 26.8. The lowest BCUT2D eigenvalue weighted by Gasteiger charge is -2.18. The molecular weight excluding hydrogens is 429 g/mol. The second kappa shape index (κ2) is 12.0. The fourth-order valence-corrected chi connectivity index (χ4v) is 2.71. The molecule has 176 valence electrons. The van der Waals surface area contributed by atoms with Crippen LogP contribution in [0.1, 0.15) is 28.8 Å². The van der Waals surface area contributed by atoms with Gasteiger partial charge in [-0.1, -0.05) is 24.3 Å². The summed E-state index contributed by atoms with van der Waals surface area (Å²) in [6, 6.07) is 8.29. The average molecular weight is 456 g/mol. The number of aromatic amines is 1. The quantitative estimate of drug-likeness (QED) is 0.663. The van der Waals surface area contributed by atoms with Crippen molar-refractivity contribution in [2.75, 3.05) is 21.1 Å². The number of nitrogens with zero attached hydrogens (tertiary/aromatic N) is 3. The van der Waals surface area contributed by atoms with Crippen LogP contribution in [0.5, 0.6) is 0 Å². The standard InChI is InChI=1S/C19H26N4O2.C2HF3O2/c1-14-17(19(25)21-13-20-14)9-10-18(24)23(4)12-16-7-5-15(6-8-16)11-22(2)3;3-2(4,5)1(6)7/h5-8,13H,9-12H2,1-4H3,(H,20,21,25);(H,6,7). The molecule has 0 saturated heterocycles. The Morgan fingerprint density at radius 3 is 2.00 bits per heavy atom. The number of benzene rings is 1. The number of carbonyl (C=O) groups is 2. The molecule has 2 aromatic rings. The lowest BCUT2D eigenvalue weighted by Crippen LogP contribution is -2.27. The van der Waals surface area contributed by atoms with Crippen LogP contribution < -0.4 is 5.56 Å². The Balaban J connectivity index is 0.000000633. The van der Waals surface area contributed by atoms with E-state index in [0.29, 0.717) is 30.6 Å². The van der Waals surface area contributed by atoms with Crippen LogP contribution in [-0.4, -0.2) is 64.1 Å². The summed E-state index contributed by atoms with van der Waals surface area (Å²) in [5.41, 5.74) is 3.43. The maximum absolute atomic E-state index is 12.3. The number of alkyl halides is 3. The third-order valence-electron chi connectivity index (χ3n) is 4.36. The molecule has 0 radical (unpaired) electrons. The van der Waals surface area contributed by atoms with Crippen LogP contribution in [0.2, 0.25) is 0 Å². The molecule has 2 rings (SSSR count). The summed E-state index contributed by atoms with van der Waals surface area (Å²) in [4.78, 5) is 43.5. The molecule has 0 atom stereocenters. The molecule has 1 aromatic carbocycles. The van der Waals surface area contributed by atoms with Crippen molar-refractivity contribution in [3.8, 4) is 0 Å². The van der Waals surface area contributed by atoms with E-state index in [9.17, 15) is 22.8 Å². The van der Waals surface area contributed by atoms with Gasteiger partial charge in [0.25, 0.3) is 5.56 Å². The summed E-state index contributed by atoms with van der Waals surface area (Å²) in [5.74, 6) is -2.74. The van der Waals surface area contributed by atoms with Crippen molar-refractivity contribution in [2.24, 2.45) is 0 Å². The second-order valence-electron chi connectivity index (χ2n) is 7.40.